The molecule has 0 amide bonds. The molecular weight excluding hydrogens is 280 g/mol. The summed E-state index contributed by atoms with van der Waals surface area (Å²) < 4.78 is 10.3. The number of benzene rings is 1. The second-order valence-electron chi connectivity index (χ2n) is 5.78. The first-order chi connectivity index (χ1) is 10.6. The number of carbonyl (C=O) groups is 1. The van der Waals surface area contributed by atoms with E-state index >= 15 is 0 Å². The van der Waals surface area contributed by atoms with Crippen molar-refractivity contribution in [3.63, 3.8) is 0 Å². The highest BCUT2D eigenvalue weighted by Crippen LogP contribution is 2.23. The molecule has 1 heterocycles. The third-order valence-electron chi connectivity index (χ3n) is 4.11. The highest BCUT2D eigenvalue weighted by Gasteiger charge is 2.28. The zero-order valence-electron chi connectivity index (χ0n) is 13.5. The third-order valence-corrected chi connectivity index (χ3v) is 4.11. The average Bonchev–Trinajstić information content (AvgIpc) is 2.51. The van der Waals surface area contributed by atoms with Gasteiger partial charge in [-0.3, -0.25) is 9.69 Å². The molecular formula is C17H26N2O3. The van der Waals surface area contributed by atoms with Gasteiger partial charge in [0.25, 0.3) is 0 Å². The number of piperidine rings is 1. The van der Waals surface area contributed by atoms with Gasteiger partial charge in [0.1, 0.15) is 5.75 Å². The van der Waals surface area contributed by atoms with Gasteiger partial charge < -0.3 is 15.2 Å². The lowest BCUT2D eigenvalue weighted by molar-refractivity contribution is -0.145. The first-order valence-corrected chi connectivity index (χ1v) is 7.90. The fourth-order valence-electron chi connectivity index (χ4n) is 2.93. The second-order valence-corrected chi connectivity index (χ2v) is 5.78. The maximum Gasteiger partial charge on any atom is 0.307 e. The minimum Gasteiger partial charge on any atom is -0.497 e. The van der Waals surface area contributed by atoms with Crippen LogP contribution in [0.1, 0.15) is 31.7 Å². The average molecular weight is 306 g/mol. The van der Waals surface area contributed by atoms with Gasteiger partial charge in [0, 0.05) is 25.2 Å². The Labute approximate surface area is 132 Å². The first-order valence-electron chi connectivity index (χ1n) is 7.90. The van der Waals surface area contributed by atoms with Crippen LogP contribution in [0.2, 0.25) is 0 Å². The number of likely N-dealkylation sites (tertiary alicyclic amines) is 1. The van der Waals surface area contributed by atoms with Crippen LogP contribution in [-0.2, 0) is 16.1 Å². The van der Waals surface area contributed by atoms with Crippen LogP contribution in [0.15, 0.2) is 24.3 Å². The molecule has 0 bridgehead atoms. The highest BCUT2D eigenvalue weighted by molar-refractivity contribution is 5.70. The van der Waals surface area contributed by atoms with Crippen molar-refractivity contribution >= 4 is 5.97 Å². The van der Waals surface area contributed by atoms with Gasteiger partial charge in [-0.05, 0) is 37.5 Å². The maximum atomic E-state index is 11.8. The fourth-order valence-corrected chi connectivity index (χ4v) is 2.93. The van der Waals surface area contributed by atoms with Crippen LogP contribution in [0, 0.1) is 0 Å². The van der Waals surface area contributed by atoms with Crippen LogP contribution in [0.5, 0.6) is 5.75 Å². The Bertz CT molecular complexity index is 475. The zero-order chi connectivity index (χ0) is 15.9. The molecule has 1 aromatic carbocycles. The van der Waals surface area contributed by atoms with Gasteiger partial charge in [0.05, 0.1) is 20.1 Å². The Morgan fingerprint density at radius 2 is 2.05 bits per heavy atom. The summed E-state index contributed by atoms with van der Waals surface area (Å²) in [5.41, 5.74) is 7.30. The monoisotopic (exact) mass is 306 g/mol. The van der Waals surface area contributed by atoms with Crippen LogP contribution in [-0.4, -0.2) is 43.2 Å². The van der Waals surface area contributed by atoms with Crippen molar-refractivity contribution in [2.45, 2.75) is 44.8 Å². The van der Waals surface area contributed by atoms with E-state index < -0.39 is 0 Å². The van der Waals surface area contributed by atoms with Crippen molar-refractivity contribution in [3.8, 4) is 5.75 Å². The van der Waals surface area contributed by atoms with E-state index in [4.69, 9.17) is 15.2 Å². The van der Waals surface area contributed by atoms with Crippen molar-refractivity contribution in [1.82, 2.24) is 4.90 Å². The van der Waals surface area contributed by atoms with Crippen LogP contribution >= 0.6 is 0 Å². The molecule has 0 radical (unpaired) electrons. The second kappa shape index (κ2) is 8.15. The first kappa shape index (κ1) is 16.8. The number of carbonyl (C=O) groups excluding carboxylic acids is 1. The molecule has 122 valence electrons. The minimum absolute atomic E-state index is 0.122. The predicted molar refractivity (Wildman–Crippen MR) is 85.7 cm³/mol. The van der Waals surface area contributed by atoms with E-state index in [0.717, 1.165) is 31.7 Å². The Morgan fingerprint density at radius 1 is 1.32 bits per heavy atom. The van der Waals surface area contributed by atoms with Crippen molar-refractivity contribution in [1.29, 1.82) is 0 Å². The van der Waals surface area contributed by atoms with E-state index in [9.17, 15) is 4.79 Å². The molecule has 1 aromatic rings. The van der Waals surface area contributed by atoms with Gasteiger partial charge in [-0.25, -0.2) is 0 Å². The summed E-state index contributed by atoms with van der Waals surface area (Å²) in [5, 5.41) is 0. The summed E-state index contributed by atoms with van der Waals surface area (Å²) >= 11 is 0. The smallest absolute Gasteiger partial charge is 0.307 e. The Morgan fingerprint density at radius 3 is 2.68 bits per heavy atom. The molecule has 2 rings (SSSR count). The third kappa shape index (κ3) is 4.71. The molecule has 1 aliphatic heterocycles. The Kier molecular flexibility index (Phi) is 6.21. The van der Waals surface area contributed by atoms with Crippen LogP contribution in [0.3, 0.4) is 0 Å². The lowest BCUT2D eigenvalue weighted by atomic mass is 9.95. The molecule has 1 aliphatic rings. The molecule has 2 atom stereocenters. The van der Waals surface area contributed by atoms with Gasteiger partial charge in [0.15, 0.2) is 0 Å². The lowest BCUT2D eigenvalue weighted by Crippen LogP contribution is -2.48. The quantitative estimate of drug-likeness (QED) is 0.814. The van der Waals surface area contributed by atoms with Crippen molar-refractivity contribution in [3.05, 3.63) is 29.8 Å². The van der Waals surface area contributed by atoms with E-state index in [1.165, 1.54) is 5.56 Å². The number of methoxy groups -OCH3 is 1. The summed E-state index contributed by atoms with van der Waals surface area (Å²) in [6, 6.07) is 8.41. The van der Waals surface area contributed by atoms with Crippen LogP contribution in [0.4, 0.5) is 0 Å². The van der Waals surface area contributed by atoms with Gasteiger partial charge in [0.2, 0.25) is 0 Å². The molecule has 2 N–H and O–H groups in total. The van der Waals surface area contributed by atoms with Crippen molar-refractivity contribution < 1.29 is 14.3 Å². The van der Waals surface area contributed by atoms with Crippen LogP contribution < -0.4 is 10.5 Å². The maximum absolute atomic E-state index is 11.8. The van der Waals surface area contributed by atoms with E-state index in [-0.39, 0.29) is 18.1 Å². The Balaban J connectivity index is 2.00. The largest absolute Gasteiger partial charge is 0.497 e. The molecule has 0 spiro atoms. The molecule has 0 aliphatic carbocycles. The van der Waals surface area contributed by atoms with E-state index in [2.05, 4.69) is 17.0 Å². The summed E-state index contributed by atoms with van der Waals surface area (Å²) in [6.07, 6.45) is 2.34. The molecule has 1 unspecified atom stereocenters. The SMILES string of the molecule is CCOC(=O)C[C@@H]1CCC(N)CN1Cc1ccc(OC)cc1. The van der Waals surface area contributed by atoms with Gasteiger partial charge in [-0.15, -0.1) is 0 Å². The van der Waals surface area contributed by atoms with Crippen molar-refractivity contribution in [2.75, 3.05) is 20.3 Å². The number of ether oxygens (including phenoxy) is 2. The highest BCUT2D eigenvalue weighted by atomic mass is 16.5. The summed E-state index contributed by atoms with van der Waals surface area (Å²) in [6.45, 7) is 3.88. The molecule has 5 heteroatoms. The number of nitrogens with zero attached hydrogens (tertiary/aromatic N) is 1. The Hall–Kier alpha value is -1.59. The number of hydrogen-bond acceptors (Lipinski definition) is 5. The predicted octanol–water partition coefficient (Wildman–Crippen LogP) is 1.94. The van der Waals surface area contributed by atoms with E-state index in [1.807, 2.05) is 19.1 Å². The van der Waals surface area contributed by atoms with E-state index in [1.54, 1.807) is 7.11 Å². The van der Waals surface area contributed by atoms with Crippen molar-refractivity contribution in [2.24, 2.45) is 5.73 Å². The molecule has 0 saturated carbocycles. The minimum atomic E-state index is -0.122. The summed E-state index contributed by atoms with van der Waals surface area (Å²) in [7, 11) is 1.66. The normalized spacial score (nSPS) is 22.3. The fraction of sp³-hybridized carbons (Fsp3) is 0.588. The lowest BCUT2D eigenvalue weighted by Gasteiger charge is -2.38. The summed E-state index contributed by atoms with van der Waals surface area (Å²) in [4.78, 5) is 14.1. The molecule has 0 aromatic heterocycles. The molecule has 1 saturated heterocycles. The topological polar surface area (TPSA) is 64.8 Å². The number of hydrogen-bond donors (Lipinski definition) is 1. The van der Waals surface area contributed by atoms with Crippen LogP contribution in [0.25, 0.3) is 0 Å². The number of nitrogens with two attached hydrogens (primary N) is 1. The molecule has 1 fully saturated rings. The van der Waals surface area contributed by atoms with E-state index in [0.29, 0.717) is 13.0 Å². The molecule has 22 heavy (non-hydrogen) atoms. The number of esters is 1. The zero-order valence-corrected chi connectivity index (χ0v) is 13.5. The number of rotatable bonds is 6. The molecule has 5 nitrogen and oxygen atoms in total. The van der Waals surface area contributed by atoms with Gasteiger partial charge in [-0.1, -0.05) is 12.1 Å². The standard InChI is InChI=1S/C17H26N2O3/c1-3-22-17(20)10-15-7-6-14(18)12-19(15)11-13-4-8-16(21-2)9-5-13/h4-5,8-9,14-15H,3,6-7,10-12,18H2,1-2H3/t14?,15-/m0/s1. The van der Waals surface area contributed by atoms with Gasteiger partial charge in [-0.2, -0.15) is 0 Å². The van der Waals surface area contributed by atoms with Gasteiger partial charge >= 0.3 is 5.97 Å². The summed E-state index contributed by atoms with van der Waals surface area (Å²) in [5.74, 6) is 0.727.